The van der Waals surface area contributed by atoms with Crippen molar-refractivity contribution in [2.45, 2.75) is 45.8 Å². The van der Waals surface area contributed by atoms with Gasteiger partial charge < -0.3 is 10.2 Å². The van der Waals surface area contributed by atoms with Crippen LogP contribution in [0.5, 0.6) is 0 Å². The number of aryl methyl sites for hydroxylation is 2. The van der Waals surface area contributed by atoms with Gasteiger partial charge in [-0.15, -0.1) is 0 Å². The van der Waals surface area contributed by atoms with E-state index in [2.05, 4.69) is 5.32 Å². The number of hydrogen-bond acceptors (Lipinski definition) is 3. The second-order valence-electron chi connectivity index (χ2n) is 9.54. The highest BCUT2D eigenvalue weighted by Crippen LogP contribution is 2.38. The van der Waals surface area contributed by atoms with Gasteiger partial charge in [0.05, 0.1) is 5.54 Å². The molecule has 0 aromatic heterocycles. The van der Waals surface area contributed by atoms with Gasteiger partial charge in [0.25, 0.3) is 0 Å². The van der Waals surface area contributed by atoms with Crippen LogP contribution in [0.4, 0.5) is 21.0 Å². The molecule has 3 aromatic carbocycles. The molecule has 0 bridgehead atoms. The molecule has 1 aliphatic heterocycles. The number of benzene rings is 3. The minimum atomic E-state index is -0.945. The Morgan fingerprint density at radius 3 is 2.11 bits per heavy atom. The summed E-state index contributed by atoms with van der Waals surface area (Å²) in [5.41, 5.74) is 3.52. The van der Waals surface area contributed by atoms with Crippen LogP contribution >= 0.6 is 0 Å². The summed E-state index contributed by atoms with van der Waals surface area (Å²) in [5.74, 6) is 0. The molecule has 1 atom stereocenters. The predicted molar refractivity (Wildman–Crippen MR) is 138 cm³/mol. The van der Waals surface area contributed by atoms with E-state index in [9.17, 15) is 14.8 Å². The third-order valence-electron chi connectivity index (χ3n) is 6.53. The van der Waals surface area contributed by atoms with Crippen molar-refractivity contribution in [1.29, 1.82) is 0 Å². The number of anilines is 2. The van der Waals surface area contributed by atoms with Gasteiger partial charge >= 0.3 is 12.1 Å². The average molecular weight is 473 g/mol. The lowest BCUT2D eigenvalue weighted by atomic mass is 9.99. The lowest BCUT2D eigenvalue weighted by Gasteiger charge is -2.38. The minimum Gasteiger partial charge on any atom is -0.315 e. The van der Waals surface area contributed by atoms with E-state index in [0.29, 0.717) is 29.4 Å². The van der Waals surface area contributed by atoms with Gasteiger partial charge in [0.15, 0.2) is 6.17 Å². The normalized spacial score (nSPS) is 16.9. The molecule has 4 amide bonds. The number of nitrogens with one attached hydrogen (secondary N) is 1. The molecule has 182 valence electrons. The van der Waals surface area contributed by atoms with Crippen molar-refractivity contribution in [2.75, 3.05) is 16.8 Å². The fraction of sp³-hybridized carbons (Fsp3) is 0.286. The zero-order chi connectivity index (χ0) is 25.2. The van der Waals surface area contributed by atoms with Crippen molar-refractivity contribution in [3.63, 3.8) is 0 Å². The molecular formula is C28H32N4O3. The molecule has 0 saturated carbocycles. The van der Waals surface area contributed by atoms with E-state index in [1.165, 1.54) is 4.90 Å². The van der Waals surface area contributed by atoms with Crippen molar-refractivity contribution < 1.29 is 14.8 Å². The molecule has 1 aliphatic rings. The van der Waals surface area contributed by atoms with Crippen LogP contribution < -0.4 is 10.2 Å². The third-order valence-corrected chi connectivity index (χ3v) is 6.53. The first-order chi connectivity index (χ1) is 16.7. The summed E-state index contributed by atoms with van der Waals surface area (Å²) < 4.78 is 0. The Labute approximate surface area is 206 Å². The van der Waals surface area contributed by atoms with Gasteiger partial charge in [-0.3, -0.25) is 10.1 Å². The van der Waals surface area contributed by atoms with Crippen LogP contribution in [-0.2, 0) is 6.42 Å². The maximum atomic E-state index is 13.7. The minimum absolute atomic E-state index is 0.262. The molecule has 0 radical (unpaired) electrons. The van der Waals surface area contributed by atoms with E-state index >= 15 is 0 Å². The number of carbonyl (C=O) groups is 2. The Morgan fingerprint density at radius 1 is 0.943 bits per heavy atom. The molecule has 35 heavy (non-hydrogen) atoms. The van der Waals surface area contributed by atoms with E-state index in [1.807, 2.05) is 94.4 Å². The number of hydrogen-bond donors (Lipinski definition) is 2. The highest BCUT2D eigenvalue weighted by molar-refractivity contribution is 5.98. The van der Waals surface area contributed by atoms with Crippen molar-refractivity contribution in [2.24, 2.45) is 0 Å². The molecule has 0 spiro atoms. The average Bonchev–Trinajstić information content (AvgIpc) is 3.04. The summed E-state index contributed by atoms with van der Waals surface area (Å²) in [4.78, 5) is 30.1. The quantitative estimate of drug-likeness (QED) is 0.351. The first-order valence-electron chi connectivity index (χ1n) is 11.8. The first kappa shape index (κ1) is 24.3. The SMILES string of the molecule is Cc1ccc(NC(=O)N(O)[C@@H]2N(c3ccc(C)cc3)C(=O)N(CCc3ccccc3)C2(C)C)cc1. The summed E-state index contributed by atoms with van der Waals surface area (Å²) in [6, 6.07) is 23.8. The zero-order valence-corrected chi connectivity index (χ0v) is 20.6. The van der Waals surface area contributed by atoms with Crippen LogP contribution in [0.15, 0.2) is 78.9 Å². The van der Waals surface area contributed by atoms with Crippen LogP contribution in [0, 0.1) is 13.8 Å². The highest BCUT2D eigenvalue weighted by atomic mass is 16.5. The highest BCUT2D eigenvalue weighted by Gasteiger charge is 2.55. The van der Waals surface area contributed by atoms with Crippen molar-refractivity contribution in [3.05, 3.63) is 95.6 Å². The summed E-state index contributed by atoms with van der Waals surface area (Å²) in [6.07, 6.45) is -0.287. The predicted octanol–water partition coefficient (Wildman–Crippen LogP) is 5.82. The van der Waals surface area contributed by atoms with Crippen molar-refractivity contribution >= 4 is 23.4 Å². The largest absolute Gasteiger partial charge is 0.347 e. The van der Waals surface area contributed by atoms with Gasteiger partial charge in [-0.2, -0.15) is 5.06 Å². The molecule has 0 unspecified atom stereocenters. The number of nitrogens with zero attached hydrogens (tertiary/aromatic N) is 3. The van der Waals surface area contributed by atoms with Gasteiger partial charge in [-0.05, 0) is 63.9 Å². The second-order valence-corrected chi connectivity index (χ2v) is 9.54. The number of rotatable bonds is 6. The fourth-order valence-corrected chi connectivity index (χ4v) is 4.50. The Bertz CT molecular complexity index is 1180. The molecule has 1 heterocycles. The molecule has 0 aliphatic carbocycles. The van der Waals surface area contributed by atoms with Crippen molar-refractivity contribution in [3.8, 4) is 0 Å². The molecule has 1 saturated heterocycles. The molecule has 7 heteroatoms. The topological polar surface area (TPSA) is 76.1 Å². The Hall–Kier alpha value is -3.84. The van der Waals surface area contributed by atoms with Crippen LogP contribution in [0.1, 0.15) is 30.5 Å². The van der Waals surface area contributed by atoms with E-state index in [0.717, 1.165) is 16.7 Å². The Kier molecular flexibility index (Phi) is 6.80. The summed E-state index contributed by atoms with van der Waals surface area (Å²) in [7, 11) is 0. The molecule has 7 nitrogen and oxygen atoms in total. The fourth-order valence-electron chi connectivity index (χ4n) is 4.50. The third kappa shape index (κ3) is 5.00. The van der Waals surface area contributed by atoms with Crippen molar-refractivity contribution in [1.82, 2.24) is 9.96 Å². The molecule has 2 N–H and O–H groups in total. The summed E-state index contributed by atoms with van der Waals surface area (Å²) >= 11 is 0. The maximum Gasteiger partial charge on any atom is 0.347 e. The summed E-state index contributed by atoms with van der Waals surface area (Å²) in [6.45, 7) is 8.12. The molecule has 1 fully saturated rings. The number of carbonyl (C=O) groups excluding carboxylic acids is 2. The van der Waals surface area contributed by atoms with Gasteiger partial charge in [-0.1, -0.05) is 65.7 Å². The van der Waals surface area contributed by atoms with Gasteiger partial charge in [0.1, 0.15) is 0 Å². The Balaban J connectivity index is 1.64. The second kappa shape index (κ2) is 9.80. The van der Waals surface area contributed by atoms with E-state index in [1.54, 1.807) is 17.0 Å². The molecular weight excluding hydrogens is 440 g/mol. The molecule has 3 aromatic rings. The summed E-state index contributed by atoms with van der Waals surface area (Å²) in [5, 5.41) is 14.5. The smallest absolute Gasteiger partial charge is 0.315 e. The van der Waals surface area contributed by atoms with Crippen LogP contribution in [0.3, 0.4) is 0 Å². The molecule has 4 rings (SSSR count). The number of hydroxylamine groups is 2. The maximum absolute atomic E-state index is 13.7. The van der Waals surface area contributed by atoms with Crippen LogP contribution in [-0.4, -0.2) is 45.5 Å². The lowest BCUT2D eigenvalue weighted by Crippen LogP contribution is -2.58. The van der Waals surface area contributed by atoms with Gasteiger partial charge in [-0.25, -0.2) is 9.59 Å². The zero-order valence-electron chi connectivity index (χ0n) is 20.6. The standard InChI is InChI=1S/C28H32N4O3/c1-20-10-14-23(15-11-20)29-26(33)32(35)25-28(3,4)30(19-18-22-8-6-5-7-9-22)27(34)31(25)24-16-12-21(2)13-17-24/h5-17,25,35H,18-19H2,1-4H3,(H,29,33)/t25-/m0/s1. The van der Waals surface area contributed by atoms with Crippen LogP contribution in [0.25, 0.3) is 0 Å². The van der Waals surface area contributed by atoms with Gasteiger partial charge in [0.2, 0.25) is 0 Å². The monoisotopic (exact) mass is 472 g/mol. The van der Waals surface area contributed by atoms with E-state index in [4.69, 9.17) is 0 Å². The Morgan fingerprint density at radius 2 is 1.51 bits per heavy atom. The number of urea groups is 2. The number of amides is 4. The van der Waals surface area contributed by atoms with Crippen LogP contribution in [0.2, 0.25) is 0 Å². The first-order valence-corrected chi connectivity index (χ1v) is 11.8. The lowest BCUT2D eigenvalue weighted by molar-refractivity contribution is -0.0947. The van der Waals surface area contributed by atoms with Gasteiger partial charge in [0, 0.05) is 17.9 Å². The van der Waals surface area contributed by atoms with E-state index < -0.39 is 17.7 Å². The van der Waals surface area contributed by atoms with E-state index in [-0.39, 0.29) is 6.03 Å².